The first-order valence-electron chi connectivity index (χ1n) is 7.66. The SMILES string of the molecule is COc1ccccc1-c1c(C#N)c(N)[nH+]c2c1CCCCC2. The highest BCUT2D eigenvalue weighted by molar-refractivity contribution is 5.81. The molecule has 0 bridgehead atoms. The van der Waals surface area contributed by atoms with Crippen LogP contribution in [-0.4, -0.2) is 7.11 Å². The van der Waals surface area contributed by atoms with Crippen LogP contribution in [0.15, 0.2) is 24.3 Å². The summed E-state index contributed by atoms with van der Waals surface area (Å²) < 4.78 is 5.50. The highest BCUT2D eigenvalue weighted by Gasteiger charge is 2.25. The molecular weight excluding hydrogens is 274 g/mol. The molecule has 1 heterocycles. The highest BCUT2D eigenvalue weighted by atomic mass is 16.5. The van der Waals surface area contributed by atoms with E-state index in [9.17, 15) is 5.26 Å². The van der Waals surface area contributed by atoms with Crippen molar-refractivity contribution in [2.75, 3.05) is 12.8 Å². The summed E-state index contributed by atoms with van der Waals surface area (Å²) in [5.41, 5.74) is 10.9. The summed E-state index contributed by atoms with van der Waals surface area (Å²) in [4.78, 5) is 3.25. The van der Waals surface area contributed by atoms with Crippen molar-refractivity contribution >= 4 is 5.82 Å². The molecule has 3 N–H and O–H groups in total. The van der Waals surface area contributed by atoms with Crippen LogP contribution in [0.1, 0.15) is 36.1 Å². The fraction of sp³-hybridized carbons (Fsp3) is 0.333. The van der Waals surface area contributed by atoms with E-state index < -0.39 is 0 Å². The molecule has 0 unspecified atom stereocenters. The molecule has 0 amide bonds. The van der Waals surface area contributed by atoms with E-state index in [0.717, 1.165) is 48.3 Å². The molecule has 1 aliphatic carbocycles. The first kappa shape index (κ1) is 14.4. The maximum Gasteiger partial charge on any atom is 0.289 e. The number of fused-ring (bicyclic) bond motifs is 1. The Bertz CT molecular complexity index is 747. The van der Waals surface area contributed by atoms with Crippen LogP contribution in [0.25, 0.3) is 11.1 Å². The molecular formula is C18H20N3O+. The van der Waals surface area contributed by atoms with Crippen molar-refractivity contribution in [2.24, 2.45) is 0 Å². The van der Waals surface area contributed by atoms with E-state index in [4.69, 9.17) is 10.5 Å². The largest absolute Gasteiger partial charge is 0.496 e. The second-order valence-corrected chi connectivity index (χ2v) is 5.62. The van der Waals surface area contributed by atoms with E-state index in [0.29, 0.717) is 11.4 Å². The monoisotopic (exact) mass is 294 g/mol. The third-order valence-corrected chi connectivity index (χ3v) is 4.31. The van der Waals surface area contributed by atoms with E-state index in [2.05, 4.69) is 11.1 Å². The number of anilines is 1. The molecule has 1 aromatic heterocycles. The first-order valence-corrected chi connectivity index (χ1v) is 7.66. The van der Waals surface area contributed by atoms with E-state index in [-0.39, 0.29) is 0 Å². The van der Waals surface area contributed by atoms with Crippen molar-refractivity contribution in [3.8, 4) is 22.9 Å². The van der Waals surface area contributed by atoms with Crippen LogP contribution in [0.5, 0.6) is 5.75 Å². The first-order chi connectivity index (χ1) is 10.8. The standard InChI is InChI=1S/C18H19N3O/c1-22-16-10-6-5-8-13(16)17-12-7-3-2-4-9-15(12)21-18(20)14(17)11-19/h5-6,8,10H,2-4,7,9H2,1H3,(H2,20,21)/p+1. The predicted octanol–water partition coefficient (Wildman–Crippen LogP) is 2.90. The number of ether oxygens (including phenoxy) is 1. The summed E-state index contributed by atoms with van der Waals surface area (Å²) in [5, 5.41) is 9.61. The Balaban J connectivity index is 2.34. The molecule has 2 aromatic rings. The maximum absolute atomic E-state index is 9.61. The normalized spacial score (nSPS) is 13.8. The molecule has 1 aliphatic rings. The number of aromatic nitrogens is 1. The second kappa shape index (κ2) is 6.07. The minimum Gasteiger partial charge on any atom is -0.496 e. The molecule has 0 saturated carbocycles. The summed E-state index contributed by atoms with van der Waals surface area (Å²) in [6, 6.07) is 10.1. The Hall–Kier alpha value is -2.54. The minimum atomic E-state index is 0.448. The van der Waals surface area contributed by atoms with E-state index in [1.54, 1.807) is 7.11 Å². The van der Waals surface area contributed by atoms with Gasteiger partial charge in [0.25, 0.3) is 5.82 Å². The number of hydrogen-bond acceptors (Lipinski definition) is 3. The average molecular weight is 294 g/mol. The molecule has 22 heavy (non-hydrogen) atoms. The number of benzene rings is 1. The molecule has 0 radical (unpaired) electrons. The van der Waals surface area contributed by atoms with Crippen LogP contribution in [0, 0.1) is 11.3 Å². The van der Waals surface area contributed by atoms with Gasteiger partial charge in [-0.25, -0.2) is 4.98 Å². The average Bonchev–Trinajstić information content (AvgIpc) is 2.78. The molecule has 112 valence electrons. The maximum atomic E-state index is 9.61. The topological polar surface area (TPSA) is 73.2 Å². The van der Waals surface area contributed by atoms with Crippen LogP contribution >= 0.6 is 0 Å². The molecule has 0 spiro atoms. The van der Waals surface area contributed by atoms with E-state index in [1.807, 2.05) is 24.3 Å². The van der Waals surface area contributed by atoms with Crippen LogP contribution < -0.4 is 15.5 Å². The number of methoxy groups -OCH3 is 1. The zero-order valence-corrected chi connectivity index (χ0v) is 12.8. The number of nitrogen functional groups attached to an aromatic ring is 1. The zero-order valence-electron chi connectivity index (χ0n) is 12.8. The van der Waals surface area contributed by atoms with Crippen LogP contribution in [0.3, 0.4) is 0 Å². The Morgan fingerprint density at radius 2 is 1.95 bits per heavy atom. The molecule has 0 fully saturated rings. The van der Waals surface area contributed by atoms with Crippen LogP contribution in [0.4, 0.5) is 5.82 Å². The van der Waals surface area contributed by atoms with Crippen LogP contribution in [-0.2, 0) is 12.8 Å². The number of nitrogens with zero attached hydrogens (tertiary/aromatic N) is 1. The predicted molar refractivity (Wildman–Crippen MR) is 85.4 cm³/mol. The summed E-state index contributed by atoms with van der Waals surface area (Å²) in [5.74, 6) is 1.22. The van der Waals surface area contributed by atoms with Gasteiger partial charge in [0.05, 0.1) is 7.11 Å². The third-order valence-electron chi connectivity index (χ3n) is 4.31. The Labute approximate surface area is 130 Å². The fourth-order valence-electron chi connectivity index (χ4n) is 3.27. The summed E-state index contributed by atoms with van der Waals surface area (Å²) >= 11 is 0. The zero-order chi connectivity index (χ0) is 15.5. The lowest BCUT2D eigenvalue weighted by atomic mass is 9.91. The van der Waals surface area contributed by atoms with Crippen molar-refractivity contribution < 1.29 is 9.72 Å². The van der Waals surface area contributed by atoms with Gasteiger partial charge in [-0.3, -0.25) is 5.73 Å². The van der Waals surface area contributed by atoms with Gasteiger partial charge < -0.3 is 4.74 Å². The molecule has 1 aromatic carbocycles. The number of aryl methyl sites for hydroxylation is 1. The number of para-hydroxylation sites is 1. The number of H-pyrrole nitrogens is 1. The van der Waals surface area contributed by atoms with Gasteiger partial charge in [-0.05, 0) is 25.3 Å². The number of aromatic amines is 1. The number of nitriles is 1. The lowest BCUT2D eigenvalue weighted by Gasteiger charge is -2.15. The van der Waals surface area contributed by atoms with Gasteiger partial charge in [0, 0.05) is 23.1 Å². The van der Waals surface area contributed by atoms with Gasteiger partial charge in [0.2, 0.25) is 0 Å². The Morgan fingerprint density at radius 1 is 1.18 bits per heavy atom. The smallest absolute Gasteiger partial charge is 0.289 e. The van der Waals surface area contributed by atoms with Crippen molar-refractivity contribution in [1.82, 2.24) is 0 Å². The molecule has 3 rings (SSSR count). The van der Waals surface area contributed by atoms with Crippen molar-refractivity contribution in [3.63, 3.8) is 0 Å². The third kappa shape index (κ3) is 2.39. The van der Waals surface area contributed by atoms with Gasteiger partial charge in [-0.1, -0.05) is 24.6 Å². The number of hydrogen-bond donors (Lipinski definition) is 1. The minimum absolute atomic E-state index is 0.448. The van der Waals surface area contributed by atoms with Crippen LogP contribution in [0.2, 0.25) is 0 Å². The number of nitrogens with two attached hydrogens (primary N) is 1. The molecule has 4 heteroatoms. The quantitative estimate of drug-likeness (QED) is 0.865. The van der Waals surface area contributed by atoms with Gasteiger partial charge in [0.1, 0.15) is 23.1 Å². The molecule has 0 aliphatic heterocycles. The van der Waals surface area contributed by atoms with Gasteiger partial charge in [-0.2, -0.15) is 5.26 Å². The lowest BCUT2D eigenvalue weighted by Crippen LogP contribution is -2.22. The fourth-order valence-corrected chi connectivity index (χ4v) is 3.27. The molecule has 4 nitrogen and oxygen atoms in total. The molecule has 0 atom stereocenters. The van der Waals surface area contributed by atoms with Crippen molar-refractivity contribution in [1.29, 1.82) is 5.26 Å². The van der Waals surface area contributed by atoms with Gasteiger partial charge in [0.15, 0.2) is 0 Å². The number of rotatable bonds is 2. The van der Waals surface area contributed by atoms with Crippen molar-refractivity contribution in [3.05, 3.63) is 41.1 Å². The highest BCUT2D eigenvalue weighted by Crippen LogP contribution is 2.38. The van der Waals surface area contributed by atoms with E-state index >= 15 is 0 Å². The number of nitrogens with one attached hydrogen (secondary N) is 1. The summed E-state index contributed by atoms with van der Waals surface area (Å²) in [6.45, 7) is 0. The summed E-state index contributed by atoms with van der Waals surface area (Å²) in [7, 11) is 1.65. The number of pyridine rings is 1. The molecule has 0 saturated heterocycles. The lowest BCUT2D eigenvalue weighted by molar-refractivity contribution is -0.373. The Kier molecular flexibility index (Phi) is 3.97. The van der Waals surface area contributed by atoms with Crippen molar-refractivity contribution in [2.45, 2.75) is 32.1 Å². The van der Waals surface area contributed by atoms with Gasteiger partial charge >= 0.3 is 0 Å². The van der Waals surface area contributed by atoms with Gasteiger partial charge in [-0.15, -0.1) is 0 Å². The Morgan fingerprint density at radius 3 is 2.73 bits per heavy atom. The summed E-state index contributed by atoms with van der Waals surface area (Å²) in [6.07, 6.45) is 5.44. The second-order valence-electron chi connectivity index (χ2n) is 5.62. The van der Waals surface area contributed by atoms with E-state index in [1.165, 1.54) is 12.0 Å².